The molecule has 0 amide bonds. The van der Waals surface area contributed by atoms with Gasteiger partial charge in [0.1, 0.15) is 5.82 Å². The topological polar surface area (TPSA) is 81.7 Å². The van der Waals surface area contributed by atoms with Crippen LogP contribution in [0.1, 0.15) is 26.5 Å². The third-order valence-corrected chi connectivity index (χ3v) is 5.68. The van der Waals surface area contributed by atoms with Crippen LogP contribution in [0.5, 0.6) is 0 Å². The summed E-state index contributed by atoms with van der Waals surface area (Å²) in [5, 5.41) is 17.3. The lowest BCUT2D eigenvalue weighted by atomic mass is 9.91. The largest absolute Gasteiger partial charge is 0.329 e. The first-order valence-corrected chi connectivity index (χ1v) is 10.6. The van der Waals surface area contributed by atoms with Crippen molar-refractivity contribution in [3.63, 3.8) is 0 Å². The minimum Gasteiger partial charge on any atom is -0.329 e. The standard InChI is InChI=1S/C25H25ClN6/c1-25(2,3)22-11-8-17(14-29-22)16-6-5-7-19(12-16)31(4)23-20-10-9-18(26)13-21(20)32(15-27)24(28)30-23/h5-15,27-28H,1-4H3. The Morgan fingerprint density at radius 1 is 1.03 bits per heavy atom. The molecule has 0 aliphatic rings. The molecule has 2 aromatic carbocycles. The number of rotatable bonds is 4. The summed E-state index contributed by atoms with van der Waals surface area (Å²) in [5.41, 5.74) is 4.70. The van der Waals surface area contributed by atoms with Crippen molar-refractivity contribution in [1.29, 1.82) is 10.8 Å². The smallest absolute Gasteiger partial charge is 0.229 e. The molecular formula is C25H25ClN6. The van der Waals surface area contributed by atoms with Gasteiger partial charge in [-0.15, -0.1) is 0 Å². The van der Waals surface area contributed by atoms with E-state index in [1.807, 2.05) is 36.3 Å². The summed E-state index contributed by atoms with van der Waals surface area (Å²) in [7, 11) is 1.92. The Morgan fingerprint density at radius 2 is 1.81 bits per heavy atom. The first-order chi connectivity index (χ1) is 15.2. The van der Waals surface area contributed by atoms with Crippen molar-refractivity contribution in [3.05, 3.63) is 77.1 Å². The van der Waals surface area contributed by atoms with Crippen molar-refractivity contribution < 1.29 is 0 Å². The molecule has 2 aromatic heterocycles. The van der Waals surface area contributed by atoms with Crippen molar-refractivity contribution in [2.75, 3.05) is 11.9 Å². The molecule has 7 heteroatoms. The molecule has 2 N–H and O–H groups in total. The lowest BCUT2D eigenvalue weighted by Gasteiger charge is -2.22. The Balaban J connectivity index is 1.78. The highest BCUT2D eigenvalue weighted by Gasteiger charge is 2.16. The van der Waals surface area contributed by atoms with Crippen LogP contribution in [0, 0.1) is 10.8 Å². The van der Waals surface area contributed by atoms with Crippen LogP contribution in [0.2, 0.25) is 5.02 Å². The van der Waals surface area contributed by atoms with E-state index in [2.05, 4.69) is 55.0 Å². The highest BCUT2D eigenvalue weighted by atomic mass is 35.5. The van der Waals surface area contributed by atoms with Crippen molar-refractivity contribution in [2.45, 2.75) is 26.2 Å². The first-order valence-electron chi connectivity index (χ1n) is 10.3. The summed E-state index contributed by atoms with van der Waals surface area (Å²) in [6.07, 6.45) is 2.99. The molecule has 0 bridgehead atoms. The van der Waals surface area contributed by atoms with E-state index >= 15 is 0 Å². The molecular weight excluding hydrogens is 420 g/mol. The van der Waals surface area contributed by atoms with Crippen molar-refractivity contribution >= 4 is 40.3 Å². The van der Waals surface area contributed by atoms with Crippen LogP contribution in [0.15, 0.2) is 60.8 Å². The van der Waals surface area contributed by atoms with Crippen LogP contribution >= 0.6 is 11.6 Å². The second-order valence-corrected chi connectivity index (χ2v) is 9.15. The molecule has 4 aromatic rings. The quantitative estimate of drug-likeness (QED) is 0.310. The van der Waals surface area contributed by atoms with Gasteiger partial charge in [0.25, 0.3) is 0 Å². The number of benzene rings is 2. The predicted octanol–water partition coefficient (Wildman–Crippen LogP) is 5.75. The van der Waals surface area contributed by atoms with Crippen LogP contribution in [0.25, 0.3) is 22.0 Å². The van der Waals surface area contributed by atoms with Crippen LogP contribution in [-0.2, 0) is 5.41 Å². The highest BCUT2D eigenvalue weighted by molar-refractivity contribution is 6.31. The van der Waals surface area contributed by atoms with Gasteiger partial charge in [-0.2, -0.15) is 4.98 Å². The molecule has 0 atom stereocenters. The van der Waals surface area contributed by atoms with Crippen molar-refractivity contribution in [2.24, 2.45) is 0 Å². The minimum absolute atomic E-state index is 0.00480. The molecule has 0 spiro atoms. The maximum Gasteiger partial charge on any atom is 0.229 e. The third-order valence-electron chi connectivity index (χ3n) is 5.45. The number of fused-ring (bicyclic) bond motifs is 1. The third kappa shape index (κ3) is 4.01. The van der Waals surface area contributed by atoms with Gasteiger partial charge >= 0.3 is 0 Å². The van der Waals surface area contributed by atoms with Gasteiger partial charge in [0.15, 0.2) is 0 Å². The van der Waals surface area contributed by atoms with E-state index in [0.717, 1.165) is 34.2 Å². The molecule has 6 nitrogen and oxygen atoms in total. The van der Waals surface area contributed by atoms with E-state index in [0.29, 0.717) is 16.4 Å². The number of pyridine rings is 1. The van der Waals surface area contributed by atoms with E-state index in [9.17, 15) is 0 Å². The monoisotopic (exact) mass is 444 g/mol. The van der Waals surface area contributed by atoms with E-state index in [1.165, 1.54) is 4.57 Å². The Morgan fingerprint density at radius 3 is 2.47 bits per heavy atom. The van der Waals surface area contributed by atoms with Crippen LogP contribution in [0.3, 0.4) is 0 Å². The fourth-order valence-corrected chi connectivity index (χ4v) is 3.80. The van der Waals surface area contributed by atoms with E-state index in [-0.39, 0.29) is 11.0 Å². The number of hydrogen-bond donors (Lipinski definition) is 2. The number of anilines is 2. The zero-order valence-electron chi connectivity index (χ0n) is 18.5. The van der Waals surface area contributed by atoms with Gasteiger partial charge in [0.2, 0.25) is 5.62 Å². The lowest BCUT2D eigenvalue weighted by molar-refractivity contribution is 0.569. The predicted molar refractivity (Wildman–Crippen MR) is 131 cm³/mol. The van der Waals surface area contributed by atoms with E-state index < -0.39 is 0 Å². The van der Waals surface area contributed by atoms with Crippen molar-refractivity contribution in [3.8, 4) is 11.1 Å². The van der Waals surface area contributed by atoms with E-state index in [1.54, 1.807) is 12.1 Å². The molecule has 32 heavy (non-hydrogen) atoms. The lowest BCUT2D eigenvalue weighted by Crippen LogP contribution is -2.26. The zero-order valence-corrected chi connectivity index (χ0v) is 19.3. The summed E-state index contributed by atoms with van der Waals surface area (Å²) in [6.45, 7) is 6.45. The van der Waals surface area contributed by atoms with Gasteiger partial charge in [-0.25, -0.2) is 0 Å². The van der Waals surface area contributed by atoms with E-state index in [4.69, 9.17) is 22.4 Å². The molecule has 162 valence electrons. The molecule has 0 unspecified atom stereocenters. The summed E-state index contributed by atoms with van der Waals surface area (Å²) in [4.78, 5) is 11.1. The highest BCUT2D eigenvalue weighted by Crippen LogP contribution is 2.32. The maximum absolute atomic E-state index is 8.29. The Hall–Kier alpha value is -3.51. The summed E-state index contributed by atoms with van der Waals surface area (Å²) < 4.78 is 1.40. The normalized spacial score (nSPS) is 11.5. The summed E-state index contributed by atoms with van der Waals surface area (Å²) in [5.74, 6) is 0.623. The van der Waals surface area contributed by atoms with Gasteiger partial charge in [-0.05, 0) is 42.0 Å². The second-order valence-electron chi connectivity index (χ2n) is 8.71. The van der Waals surface area contributed by atoms with Gasteiger partial charge in [-0.3, -0.25) is 20.4 Å². The van der Waals surface area contributed by atoms with Crippen LogP contribution in [-0.4, -0.2) is 27.9 Å². The molecule has 2 heterocycles. The molecule has 0 saturated heterocycles. The summed E-state index contributed by atoms with van der Waals surface area (Å²) in [6, 6.07) is 17.7. The Labute approximate surface area is 192 Å². The average Bonchev–Trinajstić information content (AvgIpc) is 2.77. The number of hydrogen-bond acceptors (Lipinski definition) is 5. The molecule has 0 aliphatic carbocycles. The van der Waals surface area contributed by atoms with Gasteiger partial charge in [0.05, 0.1) is 11.9 Å². The molecule has 0 saturated carbocycles. The van der Waals surface area contributed by atoms with Gasteiger partial charge in [-0.1, -0.05) is 50.6 Å². The second kappa shape index (κ2) is 8.20. The average molecular weight is 445 g/mol. The Kier molecular flexibility index (Phi) is 5.57. The minimum atomic E-state index is -0.0326. The Bertz CT molecular complexity index is 1370. The number of nitrogens with one attached hydrogen (secondary N) is 2. The van der Waals surface area contributed by atoms with Crippen LogP contribution in [0.4, 0.5) is 11.5 Å². The van der Waals surface area contributed by atoms with Gasteiger partial charge in [0, 0.05) is 46.0 Å². The SMILES string of the molecule is CN(c1cccc(-c2ccc(C(C)(C)C)nc2)c1)c1nc(=N)n(C=N)c2cc(Cl)ccc12. The number of halogens is 1. The zero-order chi connectivity index (χ0) is 23.0. The molecule has 4 rings (SSSR count). The fraction of sp³-hybridized carbons (Fsp3) is 0.200. The first kappa shape index (κ1) is 21.7. The molecule has 0 radical (unpaired) electrons. The fourth-order valence-electron chi connectivity index (χ4n) is 3.63. The maximum atomic E-state index is 8.29. The number of nitrogens with zero attached hydrogens (tertiary/aromatic N) is 4. The molecule has 0 fully saturated rings. The summed E-state index contributed by atoms with van der Waals surface area (Å²) >= 11 is 6.19. The van der Waals surface area contributed by atoms with Gasteiger partial charge < -0.3 is 4.90 Å². The van der Waals surface area contributed by atoms with Crippen LogP contribution < -0.4 is 10.5 Å². The van der Waals surface area contributed by atoms with Crippen molar-refractivity contribution in [1.82, 2.24) is 14.5 Å². The molecule has 0 aliphatic heterocycles. The number of aromatic nitrogens is 3.